The largest absolute Gasteiger partial charge is 0.384 e. The van der Waals surface area contributed by atoms with E-state index in [0.717, 1.165) is 5.69 Å². The quantitative estimate of drug-likeness (QED) is 0.827. The number of nitrogens with one attached hydrogen (secondary N) is 1. The highest BCUT2D eigenvalue weighted by atomic mass is 15.0. The van der Waals surface area contributed by atoms with Gasteiger partial charge in [-0.15, -0.1) is 0 Å². The number of anilines is 2. The highest BCUT2D eigenvalue weighted by Crippen LogP contribution is 2.14. The fraction of sp³-hybridized carbons (Fsp3) is 0.0833. The van der Waals surface area contributed by atoms with Crippen molar-refractivity contribution < 1.29 is 0 Å². The standard InChI is InChI=1S/C12H11N5/c13-7-9-3-1-2-4-10(9)16-8-12-15-6-5-11(14)17-12/h1-6,16H,8H2,(H2,14,15,17). The van der Waals surface area contributed by atoms with Gasteiger partial charge in [-0.1, -0.05) is 12.1 Å². The van der Waals surface area contributed by atoms with Crippen LogP contribution < -0.4 is 11.1 Å². The molecule has 0 fully saturated rings. The van der Waals surface area contributed by atoms with E-state index in [9.17, 15) is 0 Å². The van der Waals surface area contributed by atoms with Crippen molar-refractivity contribution in [1.29, 1.82) is 5.26 Å². The Morgan fingerprint density at radius 1 is 1.29 bits per heavy atom. The zero-order valence-electron chi connectivity index (χ0n) is 9.09. The zero-order valence-corrected chi connectivity index (χ0v) is 9.09. The number of benzene rings is 1. The molecule has 2 aromatic rings. The maximum atomic E-state index is 8.92. The van der Waals surface area contributed by atoms with Crippen molar-refractivity contribution >= 4 is 11.5 Å². The maximum absolute atomic E-state index is 8.92. The van der Waals surface area contributed by atoms with Gasteiger partial charge < -0.3 is 11.1 Å². The third kappa shape index (κ3) is 2.69. The predicted molar refractivity (Wildman–Crippen MR) is 64.9 cm³/mol. The van der Waals surface area contributed by atoms with Crippen LogP contribution in [-0.2, 0) is 6.54 Å². The number of hydrogen-bond acceptors (Lipinski definition) is 5. The van der Waals surface area contributed by atoms with Gasteiger partial charge in [0.25, 0.3) is 0 Å². The van der Waals surface area contributed by atoms with E-state index in [1.54, 1.807) is 18.3 Å². The van der Waals surface area contributed by atoms with Crippen LogP contribution in [0.4, 0.5) is 11.5 Å². The summed E-state index contributed by atoms with van der Waals surface area (Å²) in [5, 5.41) is 12.0. The third-order valence-corrected chi connectivity index (χ3v) is 2.21. The van der Waals surface area contributed by atoms with Crippen LogP contribution in [0.5, 0.6) is 0 Å². The van der Waals surface area contributed by atoms with Crippen LogP contribution in [0.25, 0.3) is 0 Å². The Kier molecular flexibility index (Phi) is 3.17. The van der Waals surface area contributed by atoms with Gasteiger partial charge in [-0.05, 0) is 18.2 Å². The van der Waals surface area contributed by atoms with Crippen molar-refractivity contribution in [1.82, 2.24) is 9.97 Å². The predicted octanol–water partition coefficient (Wildman–Crippen LogP) is 1.54. The first-order valence-electron chi connectivity index (χ1n) is 5.10. The Hall–Kier alpha value is -2.61. The van der Waals surface area contributed by atoms with Gasteiger partial charge in [-0.25, -0.2) is 9.97 Å². The summed E-state index contributed by atoms with van der Waals surface area (Å²) in [6.45, 7) is 0.434. The smallest absolute Gasteiger partial charge is 0.149 e. The highest BCUT2D eigenvalue weighted by Gasteiger charge is 2.01. The van der Waals surface area contributed by atoms with Crippen LogP contribution in [-0.4, -0.2) is 9.97 Å². The van der Waals surface area contributed by atoms with E-state index >= 15 is 0 Å². The summed E-state index contributed by atoms with van der Waals surface area (Å²) in [6, 6.07) is 11.0. The molecule has 0 aliphatic carbocycles. The summed E-state index contributed by atoms with van der Waals surface area (Å²) < 4.78 is 0. The van der Waals surface area contributed by atoms with Crippen molar-refractivity contribution in [2.24, 2.45) is 0 Å². The summed E-state index contributed by atoms with van der Waals surface area (Å²) in [5.74, 6) is 1.03. The minimum Gasteiger partial charge on any atom is -0.384 e. The number of hydrogen-bond donors (Lipinski definition) is 2. The lowest BCUT2D eigenvalue weighted by Gasteiger charge is -2.06. The number of nitrogens with zero attached hydrogens (tertiary/aromatic N) is 3. The molecule has 0 aliphatic heterocycles. The fourth-order valence-corrected chi connectivity index (χ4v) is 1.41. The average molecular weight is 225 g/mol. The number of nitrogen functional groups attached to an aromatic ring is 1. The van der Waals surface area contributed by atoms with Gasteiger partial charge in [0.05, 0.1) is 17.8 Å². The van der Waals surface area contributed by atoms with Crippen molar-refractivity contribution in [3.8, 4) is 6.07 Å². The first-order chi connectivity index (χ1) is 8.29. The molecule has 3 N–H and O–H groups in total. The summed E-state index contributed by atoms with van der Waals surface area (Å²) in [7, 11) is 0. The zero-order chi connectivity index (χ0) is 12.1. The molecule has 0 bridgehead atoms. The fourth-order valence-electron chi connectivity index (χ4n) is 1.41. The maximum Gasteiger partial charge on any atom is 0.149 e. The van der Waals surface area contributed by atoms with E-state index in [0.29, 0.717) is 23.8 Å². The summed E-state index contributed by atoms with van der Waals surface area (Å²) >= 11 is 0. The SMILES string of the molecule is N#Cc1ccccc1NCc1nccc(N)n1. The van der Waals surface area contributed by atoms with E-state index in [1.807, 2.05) is 18.2 Å². The second kappa shape index (κ2) is 4.94. The molecule has 84 valence electrons. The molecule has 17 heavy (non-hydrogen) atoms. The monoisotopic (exact) mass is 225 g/mol. The van der Waals surface area contributed by atoms with Crippen molar-refractivity contribution in [2.45, 2.75) is 6.54 Å². The van der Waals surface area contributed by atoms with Crippen LogP contribution in [0.2, 0.25) is 0 Å². The molecule has 1 heterocycles. The van der Waals surface area contributed by atoms with Crippen molar-refractivity contribution in [3.05, 3.63) is 47.9 Å². The molecule has 0 unspecified atom stereocenters. The lowest BCUT2D eigenvalue weighted by atomic mass is 10.2. The average Bonchev–Trinajstić information content (AvgIpc) is 2.37. The van der Waals surface area contributed by atoms with Crippen LogP contribution in [0.15, 0.2) is 36.5 Å². The molecule has 5 nitrogen and oxygen atoms in total. The Morgan fingerprint density at radius 3 is 2.88 bits per heavy atom. The highest BCUT2D eigenvalue weighted by molar-refractivity contribution is 5.57. The number of para-hydroxylation sites is 1. The minimum absolute atomic E-state index is 0.434. The second-order valence-corrected chi connectivity index (χ2v) is 3.41. The Labute approximate surface area is 98.9 Å². The number of nitrogens with two attached hydrogens (primary N) is 1. The van der Waals surface area contributed by atoms with Crippen molar-refractivity contribution in [3.63, 3.8) is 0 Å². The summed E-state index contributed by atoms with van der Waals surface area (Å²) in [4.78, 5) is 8.14. The molecule has 0 saturated heterocycles. The molecule has 1 aromatic heterocycles. The van der Waals surface area contributed by atoms with Gasteiger partial charge in [0.2, 0.25) is 0 Å². The van der Waals surface area contributed by atoms with Gasteiger partial charge in [0.1, 0.15) is 17.7 Å². The van der Waals surface area contributed by atoms with E-state index in [2.05, 4.69) is 21.4 Å². The summed E-state index contributed by atoms with van der Waals surface area (Å²) in [6.07, 6.45) is 1.61. The molecule has 0 aliphatic rings. The van der Waals surface area contributed by atoms with Crippen LogP contribution in [0.1, 0.15) is 11.4 Å². The second-order valence-electron chi connectivity index (χ2n) is 3.41. The van der Waals surface area contributed by atoms with E-state index in [4.69, 9.17) is 11.0 Å². The molecule has 0 atom stereocenters. The number of rotatable bonds is 3. The molecular formula is C12H11N5. The van der Waals surface area contributed by atoms with Gasteiger partial charge in [-0.2, -0.15) is 5.26 Å². The first kappa shape index (κ1) is 10.9. The molecule has 0 radical (unpaired) electrons. The van der Waals surface area contributed by atoms with Gasteiger partial charge >= 0.3 is 0 Å². The Balaban J connectivity index is 2.10. The van der Waals surface area contributed by atoms with Crippen LogP contribution in [0, 0.1) is 11.3 Å². The lowest BCUT2D eigenvalue weighted by molar-refractivity contribution is 0.953. The minimum atomic E-state index is 0.434. The molecule has 5 heteroatoms. The van der Waals surface area contributed by atoms with E-state index < -0.39 is 0 Å². The molecule has 0 spiro atoms. The Bertz CT molecular complexity index is 559. The van der Waals surface area contributed by atoms with E-state index in [-0.39, 0.29) is 0 Å². The number of aromatic nitrogens is 2. The third-order valence-electron chi connectivity index (χ3n) is 2.21. The van der Waals surface area contributed by atoms with Gasteiger partial charge in [-0.3, -0.25) is 0 Å². The molecule has 2 rings (SSSR count). The topological polar surface area (TPSA) is 87.6 Å². The molecular weight excluding hydrogens is 214 g/mol. The number of nitriles is 1. The summed E-state index contributed by atoms with van der Waals surface area (Å²) in [5.41, 5.74) is 6.91. The Morgan fingerprint density at radius 2 is 2.12 bits per heavy atom. The first-order valence-corrected chi connectivity index (χ1v) is 5.10. The molecule has 0 amide bonds. The normalized spacial score (nSPS) is 9.59. The van der Waals surface area contributed by atoms with Crippen molar-refractivity contribution in [2.75, 3.05) is 11.1 Å². The molecule has 1 aromatic carbocycles. The van der Waals surface area contributed by atoms with Gasteiger partial charge in [0.15, 0.2) is 0 Å². The van der Waals surface area contributed by atoms with Crippen LogP contribution in [0.3, 0.4) is 0 Å². The van der Waals surface area contributed by atoms with E-state index in [1.165, 1.54) is 0 Å². The van der Waals surface area contributed by atoms with Crippen LogP contribution >= 0.6 is 0 Å². The lowest BCUT2D eigenvalue weighted by Crippen LogP contribution is -2.06. The molecule has 0 saturated carbocycles. The van der Waals surface area contributed by atoms with Gasteiger partial charge in [0, 0.05) is 6.20 Å².